The van der Waals surface area contributed by atoms with Gasteiger partial charge in [-0.05, 0) is 80.8 Å². The van der Waals surface area contributed by atoms with Gasteiger partial charge in [0.15, 0.2) is 0 Å². The van der Waals surface area contributed by atoms with Crippen LogP contribution >= 0.6 is 27.3 Å². The van der Waals surface area contributed by atoms with E-state index in [0.29, 0.717) is 6.04 Å². The summed E-state index contributed by atoms with van der Waals surface area (Å²) in [5.41, 5.74) is 0. The summed E-state index contributed by atoms with van der Waals surface area (Å²) in [6.07, 6.45) is 5.31. The summed E-state index contributed by atoms with van der Waals surface area (Å²) in [6, 6.07) is 5.78. The largest absolute Gasteiger partial charge is 0.317 e. The van der Waals surface area contributed by atoms with Gasteiger partial charge < -0.3 is 10.2 Å². The predicted octanol–water partition coefficient (Wildman–Crippen LogP) is 3.89. The molecule has 1 aliphatic carbocycles. The van der Waals surface area contributed by atoms with Crippen molar-refractivity contribution in [2.75, 3.05) is 21.1 Å². The van der Waals surface area contributed by atoms with Gasteiger partial charge in [-0.1, -0.05) is 0 Å². The third-order valence-corrected chi connectivity index (χ3v) is 5.76. The second-order valence-corrected chi connectivity index (χ2v) is 7.95. The van der Waals surface area contributed by atoms with E-state index in [1.165, 1.54) is 34.3 Å². The third-order valence-electron chi connectivity index (χ3n) is 4.07. The maximum absolute atomic E-state index is 3.58. The van der Waals surface area contributed by atoms with Gasteiger partial charge in [0.25, 0.3) is 0 Å². The standard InChI is InChI=1S/C14H23BrN2S/c1-16-11-6-4-10(5-7-11)14(17(2)3)12-8-9-13(15)18-12/h8-11,14,16H,4-7H2,1-3H3. The van der Waals surface area contributed by atoms with Gasteiger partial charge in [0, 0.05) is 17.0 Å². The van der Waals surface area contributed by atoms with Gasteiger partial charge in [0.1, 0.15) is 0 Å². The monoisotopic (exact) mass is 330 g/mol. The molecule has 2 rings (SSSR count). The molecule has 0 saturated heterocycles. The van der Waals surface area contributed by atoms with E-state index in [1.807, 2.05) is 11.3 Å². The third kappa shape index (κ3) is 3.35. The van der Waals surface area contributed by atoms with E-state index >= 15 is 0 Å². The SMILES string of the molecule is CNC1CCC(C(c2ccc(Br)s2)N(C)C)CC1. The fourth-order valence-corrected chi connectivity index (χ4v) is 4.83. The lowest BCUT2D eigenvalue weighted by Gasteiger charge is -2.36. The van der Waals surface area contributed by atoms with Crippen molar-refractivity contribution in [1.29, 1.82) is 0 Å². The molecule has 4 heteroatoms. The smallest absolute Gasteiger partial charge is 0.0701 e. The van der Waals surface area contributed by atoms with Crippen LogP contribution < -0.4 is 5.32 Å². The van der Waals surface area contributed by atoms with Crippen molar-refractivity contribution in [2.45, 2.75) is 37.8 Å². The molecule has 1 atom stereocenters. The van der Waals surface area contributed by atoms with Crippen LogP contribution in [0.4, 0.5) is 0 Å². The van der Waals surface area contributed by atoms with Gasteiger partial charge in [-0.15, -0.1) is 11.3 Å². The Morgan fingerprint density at radius 1 is 1.28 bits per heavy atom. The van der Waals surface area contributed by atoms with Crippen LogP contribution in [0.15, 0.2) is 15.9 Å². The van der Waals surface area contributed by atoms with Gasteiger partial charge in [-0.3, -0.25) is 0 Å². The van der Waals surface area contributed by atoms with E-state index in [0.717, 1.165) is 12.0 Å². The highest BCUT2D eigenvalue weighted by molar-refractivity contribution is 9.11. The second-order valence-electron chi connectivity index (χ2n) is 5.45. The van der Waals surface area contributed by atoms with Crippen molar-refractivity contribution in [3.05, 3.63) is 20.8 Å². The van der Waals surface area contributed by atoms with E-state index in [2.05, 4.69) is 59.4 Å². The first-order valence-electron chi connectivity index (χ1n) is 6.70. The van der Waals surface area contributed by atoms with E-state index < -0.39 is 0 Å². The summed E-state index contributed by atoms with van der Waals surface area (Å²) in [7, 11) is 6.51. The van der Waals surface area contributed by atoms with Crippen molar-refractivity contribution < 1.29 is 0 Å². The molecule has 0 aliphatic heterocycles. The van der Waals surface area contributed by atoms with E-state index in [4.69, 9.17) is 0 Å². The first-order chi connectivity index (χ1) is 8.61. The highest BCUT2D eigenvalue weighted by Gasteiger charge is 2.30. The van der Waals surface area contributed by atoms with Crippen LogP contribution in [-0.2, 0) is 0 Å². The normalized spacial score (nSPS) is 26.5. The van der Waals surface area contributed by atoms with Crippen LogP contribution in [0.1, 0.15) is 36.6 Å². The number of rotatable bonds is 4. The van der Waals surface area contributed by atoms with Crippen LogP contribution in [0.3, 0.4) is 0 Å². The molecule has 1 aliphatic rings. The zero-order valence-corrected chi connectivity index (χ0v) is 13.9. The van der Waals surface area contributed by atoms with Crippen LogP contribution in [0.2, 0.25) is 0 Å². The number of hydrogen-bond acceptors (Lipinski definition) is 3. The lowest BCUT2D eigenvalue weighted by atomic mass is 9.80. The average molecular weight is 331 g/mol. The molecule has 1 unspecified atom stereocenters. The Hall–Kier alpha value is 0.1000. The Labute approximate surface area is 123 Å². The van der Waals surface area contributed by atoms with Crippen LogP contribution in [0.25, 0.3) is 0 Å². The van der Waals surface area contributed by atoms with Crippen molar-refractivity contribution in [1.82, 2.24) is 10.2 Å². The molecular weight excluding hydrogens is 308 g/mol. The van der Waals surface area contributed by atoms with E-state index in [9.17, 15) is 0 Å². The fourth-order valence-electron chi connectivity index (χ4n) is 3.12. The maximum atomic E-state index is 3.58. The topological polar surface area (TPSA) is 15.3 Å². The first kappa shape index (κ1) is 14.5. The lowest BCUT2D eigenvalue weighted by molar-refractivity contribution is 0.161. The number of hydrogen-bond donors (Lipinski definition) is 1. The molecule has 1 fully saturated rings. The Balaban J connectivity index is 2.07. The average Bonchev–Trinajstić information content (AvgIpc) is 2.76. The quantitative estimate of drug-likeness (QED) is 0.900. The molecular formula is C14H23BrN2S. The molecule has 18 heavy (non-hydrogen) atoms. The molecule has 1 N–H and O–H groups in total. The number of nitrogens with one attached hydrogen (secondary N) is 1. The van der Waals surface area contributed by atoms with E-state index in [1.54, 1.807) is 0 Å². The van der Waals surface area contributed by atoms with E-state index in [-0.39, 0.29) is 0 Å². The summed E-state index contributed by atoms with van der Waals surface area (Å²) >= 11 is 5.47. The molecule has 1 aromatic rings. The second kappa shape index (κ2) is 6.51. The molecule has 0 spiro atoms. The maximum Gasteiger partial charge on any atom is 0.0701 e. The Bertz CT molecular complexity index is 370. The summed E-state index contributed by atoms with van der Waals surface area (Å²) in [5.74, 6) is 0.801. The fraction of sp³-hybridized carbons (Fsp3) is 0.714. The summed E-state index contributed by atoms with van der Waals surface area (Å²) < 4.78 is 1.24. The zero-order valence-electron chi connectivity index (χ0n) is 11.4. The van der Waals surface area contributed by atoms with Gasteiger partial charge in [-0.25, -0.2) is 0 Å². The highest BCUT2D eigenvalue weighted by Crippen LogP contribution is 2.40. The molecule has 0 bridgehead atoms. The summed E-state index contributed by atoms with van der Waals surface area (Å²) in [4.78, 5) is 3.89. The first-order valence-corrected chi connectivity index (χ1v) is 8.31. The van der Waals surface area contributed by atoms with Crippen LogP contribution in [-0.4, -0.2) is 32.1 Å². The van der Waals surface area contributed by atoms with Gasteiger partial charge >= 0.3 is 0 Å². The Morgan fingerprint density at radius 2 is 1.94 bits per heavy atom. The minimum atomic E-state index is 0.583. The van der Waals surface area contributed by atoms with Crippen molar-refractivity contribution in [2.24, 2.45) is 5.92 Å². The van der Waals surface area contributed by atoms with Crippen molar-refractivity contribution in [3.8, 4) is 0 Å². The molecule has 0 radical (unpaired) electrons. The summed E-state index contributed by atoms with van der Waals surface area (Å²) in [6.45, 7) is 0. The minimum absolute atomic E-state index is 0.583. The predicted molar refractivity (Wildman–Crippen MR) is 83.3 cm³/mol. The van der Waals surface area contributed by atoms with Crippen LogP contribution in [0, 0.1) is 5.92 Å². The summed E-state index contributed by atoms with van der Waals surface area (Å²) in [5, 5.41) is 3.42. The lowest BCUT2D eigenvalue weighted by Crippen LogP contribution is -2.35. The molecule has 1 heterocycles. The number of halogens is 1. The van der Waals surface area contributed by atoms with Gasteiger partial charge in [0.2, 0.25) is 0 Å². The number of thiophene rings is 1. The Morgan fingerprint density at radius 3 is 2.39 bits per heavy atom. The molecule has 2 nitrogen and oxygen atoms in total. The molecule has 1 aromatic heterocycles. The molecule has 1 saturated carbocycles. The molecule has 0 amide bonds. The highest BCUT2D eigenvalue weighted by atomic mass is 79.9. The molecule has 102 valence electrons. The van der Waals surface area contributed by atoms with Gasteiger partial charge in [-0.2, -0.15) is 0 Å². The number of nitrogens with zero attached hydrogens (tertiary/aromatic N) is 1. The Kier molecular flexibility index (Phi) is 5.24. The van der Waals surface area contributed by atoms with Crippen molar-refractivity contribution >= 4 is 27.3 Å². The zero-order chi connectivity index (χ0) is 13.1. The van der Waals surface area contributed by atoms with Gasteiger partial charge in [0.05, 0.1) is 3.79 Å². The minimum Gasteiger partial charge on any atom is -0.317 e. The molecule has 0 aromatic carbocycles. The van der Waals surface area contributed by atoms with Crippen LogP contribution in [0.5, 0.6) is 0 Å². The van der Waals surface area contributed by atoms with Crippen molar-refractivity contribution in [3.63, 3.8) is 0 Å².